The summed E-state index contributed by atoms with van der Waals surface area (Å²) in [5, 5.41) is 3.46. The van der Waals surface area contributed by atoms with Gasteiger partial charge in [0.2, 0.25) is 0 Å². The van der Waals surface area contributed by atoms with Gasteiger partial charge in [-0.05, 0) is 25.8 Å². The van der Waals surface area contributed by atoms with Gasteiger partial charge in [0.15, 0.2) is 0 Å². The summed E-state index contributed by atoms with van der Waals surface area (Å²) in [6.45, 7) is 3.50. The molecular formula is C7H15N. The van der Waals surface area contributed by atoms with Crippen molar-refractivity contribution in [3.63, 3.8) is 0 Å². The molecule has 48 valence electrons. The molecule has 1 fully saturated rings. The lowest BCUT2D eigenvalue weighted by atomic mass is 10.1. The quantitative estimate of drug-likeness (QED) is 0.572. The van der Waals surface area contributed by atoms with Crippen molar-refractivity contribution in [3.05, 3.63) is 0 Å². The van der Waals surface area contributed by atoms with Crippen LogP contribution in [0.1, 0.15) is 32.6 Å². The van der Waals surface area contributed by atoms with E-state index in [0.29, 0.717) is 0 Å². The summed E-state index contributed by atoms with van der Waals surface area (Å²) in [7, 11) is 0. The molecule has 0 spiro atoms. The molecule has 1 nitrogen and oxygen atoms in total. The molecule has 1 heteroatoms. The standard InChI is InChI=1S/C7H15N/c1-2-4-7-5-3-6-8-7/h7-8H,2-6H2,1H3/t7-/m0/s1. The van der Waals surface area contributed by atoms with E-state index in [1.54, 1.807) is 0 Å². The van der Waals surface area contributed by atoms with Crippen molar-refractivity contribution in [3.8, 4) is 0 Å². The van der Waals surface area contributed by atoms with Crippen molar-refractivity contribution in [2.75, 3.05) is 6.54 Å². The van der Waals surface area contributed by atoms with Gasteiger partial charge in [-0.3, -0.25) is 0 Å². The maximum absolute atomic E-state index is 3.46. The molecule has 1 atom stereocenters. The number of hydrogen-bond acceptors (Lipinski definition) is 1. The minimum atomic E-state index is 0.861. The highest BCUT2D eigenvalue weighted by molar-refractivity contribution is 4.72. The molecule has 0 aromatic heterocycles. The Hall–Kier alpha value is -0.0400. The molecule has 1 aliphatic heterocycles. The fourth-order valence-corrected chi connectivity index (χ4v) is 1.35. The van der Waals surface area contributed by atoms with Crippen LogP contribution in [-0.4, -0.2) is 12.6 Å². The second kappa shape index (κ2) is 3.08. The first-order valence-corrected chi connectivity index (χ1v) is 3.67. The molecule has 1 saturated heterocycles. The lowest BCUT2D eigenvalue weighted by molar-refractivity contribution is 0.551. The van der Waals surface area contributed by atoms with Gasteiger partial charge in [0.05, 0.1) is 0 Å². The lowest BCUT2D eigenvalue weighted by Gasteiger charge is -2.05. The zero-order chi connectivity index (χ0) is 5.82. The summed E-state index contributed by atoms with van der Waals surface area (Å²) in [5.74, 6) is 0. The third kappa shape index (κ3) is 1.48. The normalized spacial score (nSPS) is 28.9. The maximum atomic E-state index is 3.46. The highest BCUT2D eigenvalue weighted by Crippen LogP contribution is 2.09. The molecule has 0 aromatic carbocycles. The second-order valence-corrected chi connectivity index (χ2v) is 2.58. The summed E-state index contributed by atoms with van der Waals surface area (Å²) >= 11 is 0. The highest BCUT2D eigenvalue weighted by atomic mass is 14.9. The first-order valence-electron chi connectivity index (χ1n) is 3.67. The number of hydrogen-bond donors (Lipinski definition) is 1. The molecule has 0 unspecified atom stereocenters. The average molecular weight is 113 g/mol. The smallest absolute Gasteiger partial charge is 0.00674 e. The summed E-state index contributed by atoms with van der Waals surface area (Å²) in [4.78, 5) is 0. The predicted molar refractivity (Wildman–Crippen MR) is 35.9 cm³/mol. The number of nitrogens with one attached hydrogen (secondary N) is 1. The Labute approximate surface area is 51.5 Å². The van der Waals surface area contributed by atoms with Crippen molar-refractivity contribution in [2.45, 2.75) is 38.6 Å². The third-order valence-corrected chi connectivity index (χ3v) is 1.80. The Morgan fingerprint density at radius 1 is 1.62 bits per heavy atom. The van der Waals surface area contributed by atoms with E-state index in [-0.39, 0.29) is 0 Å². The van der Waals surface area contributed by atoms with Crippen molar-refractivity contribution < 1.29 is 0 Å². The van der Waals surface area contributed by atoms with Gasteiger partial charge in [0, 0.05) is 6.04 Å². The average Bonchev–Trinajstić information content (AvgIpc) is 2.19. The zero-order valence-electron chi connectivity index (χ0n) is 5.61. The highest BCUT2D eigenvalue weighted by Gasteiger charge is 2.11. The van der Waals surface area contributed by atoms with E-state index < -0.39 is 0 Å². The van der Waals surface area contributed by atoms with Crippen molar-refractivity contribution >= 4 is 0 Å². The summed E-state index contributed by atoms with van der Waals surface area (Å²) in [5.41, 5.74) is 0. The van der Waals surface area contributed by atoms with E-state index in [2.05, 4.69) is 12.2 Å². The second-order valence-electron chi connectivity index (χ2n) is 2.58. The van der Waals surface area contributed by atoms with Crippen LogP contribution in [-0.2, 0) is 0 Å². The largest absolute Gasteiger partial charge is 0.314 e. The Balaban J connectivity index is 2.06. The summed E-state index contributed by atoms with van der Waals surface area (Å²) in [6, 6.07) is 0.861. The van der Waals surface area contributed by atoms with E-state index in [4.69, 9.17) is 0 Å². The molecule has 1 N–H and O–H groups in total. The Morgan fingerprint density at radius 2 is 2.50 bits per heavy atom. The van der Waals surface area contributed by atoms with Crippen LogP contribution in [0, 0.1) is 0 Å². The van der Waals surface area contributed by atoms with Crippen LogP contribution in [0.15, 0.2) is 0 Å². The topological polar surface area (TPSA) is 12.0 Å². The van der Waals surface area contributed by atoms with Gasteiger partial charge in [0.25, 0.3) is 0 Å². The Kier molecular flexibility index (Phi) is 2.34. The van der Waals surface area contributed by atoms with E-state index in [1.807, 2.05) is 0 Å². The van der Waals surface area contributed by atoms with Crippen LogP contribution in [0.25, 0.3) is 0 Å². The van der Waals surface area contributed by atoms with Crippen LogP contribution in [0.3, 0.4) is 0 Å². The van der Waals surface area contributed by atoms with Crippen LogP contribution < -0.4 is 5.32 Å². The van der Waals surface area contributed by atoms with Crippen LogP contribution in [0.2, 0.25) is 0 Å². The van der Waals surface area contributed by atoms with Crippen molar-refractivity contribution in [1.29, 1.82) is 0 Å². The molecule has 0 aromatic rings. The van der Waals surface area contributed by atoms with E-state index in [1.165, 1.54) is 32.2 Å². The van der Waals surface area contributed by atoms with Gasteiger partial charge in [-0.1, -0.05) is 13.3 Å². The Morgan fingerprint density at radius 3 is 3.00 bits per heavy atom. The molecule has 1 heterocycles. The molecule has 0 aliphatic carbocycles. The first kappa shape index (κ1) is 6.09. The minimum Gasteiger partial charge on any atom is -0.314 e. The van der Waals surface area contributed by atoms with Gasteiger partial charge < -0.3 is 5.32 Å². The van der Waals surface area contributed by atoms with Crippen LogP contribution in [0.5, 0.6) is 0 Å². The number of rotatable bonds is 2. The Bertz CT molecular complexity index is 55.4. The zero-order valence-corrected chi connectivity index (χ0v) is 5.61. The third-order valence-electron chi connectivity index (χ3n) is 1.80. The van der Waals surface area contributed by atoms with Gasteiger partial charge in [-0.25, -0.2) is 0 Å². The molecule has 0 amide bonds. The summed E-state index contributed by atoms with van der Waals surface area (Å²) < 4.78 is 0. The van der Waals surface area contributed by atoms with Gasteiger partial charge in [-0.15, -0.1) is 0 Å². The van der Waals surface area contributed by atoms with Gasteiger partial charge in [0.1, 0.15) is 0 Å². The van der Waals surface area contributed by atoms with E-state index in [9.17, 15) is 0 Å². The molecular weight excluding hydrogens is 98.1 g/mol. The molecule has 8 heavy (non-hydrogen) atoms. The van der Waals surface area contributed by atoms with Gasteiger partial charge >= 0.3 is 0 Å². The molecule has 0 bridgehead atoms. The SMILES string of the molecule is CCC[C@H]1CCCN1. The fourth-order valence-electron chi connectivity index (χ4n) is 1.35. The maximum Gasteiger partial charge on any atom is 0.00674 e. The predicted octanol–water partition coefficient (Wildman–Crippen LogP) is 1.54. The first-order chi connectivity index (χ1) is 3.93. The van der Waals surface area contributed by atoms with Crippen LogP contribution >= 0.6 is 0 Å². The molecule has 0 radical (unpaired) electrons. The van der Waals surface area contributed by atoms with E-state index >= 15 is 0 Å². The van der Waals surface area contributed by atoms with Crippen molar-refractivity contribution in [1.82, 2.24) is 5.32 Å². The van der Waals surface area contributed by atoms with E-state index in [0.717, 1.165) is 6.04 Å². The lowest BCUT2D eigenvalue weighted by Crippen LogP contribution is -2.20. The fraction of sp³-hybridized carbons (Fsp3) is 1.00. The van der Waals surface area contributed by atoms with Crippen molar-refractivity contribution in [2.24, 2.45) is 0 Å². The van der Waals surface area contributed by atoms with Gasteiger partial charge in [-0.2, -0.15) is 0 Å². The monoisotopic (exact) mass is 113 g/mol. The minimum absolute atomic E-state index is 0.861. The molecule has 1 aliphatic rings. The summed E-state index contributed by atoms with van der Waals surface area (Å²) in [6.07, 6.45) is 5.51. The molecule has 0 saturated carbocycles. The molecule has 1 rings (SSSR count). The van der Waals surface area contributed by atoms with Crippen LogP contribution in [0.4, 0.5) is 0 Å².